The Morgan fingerprint density at radius 1 is 1.17 bits per heavy atom. The summed E-state index contributed by atoms with van der Waals surface area (Å²) in [5.74, 6) is 0.455. The number of methoxy groups -OCH3 is 1. The molecule has 0 radical (unpaired) electrons. The maximum Gasteiger partial charge on any atom is 0.227 e. The van der Waals surface area contributed by atoms with Gasteiger partial charge in [0.25, 0.3) is 0 Å². The van der Waals surface area contributed by atoms with Crippen molar-refractivity contribution in [1.29, 1.82) is 0 Å². The van der Waals surface area contributed by atoms with Crippen molar-refractivity contribution >= 4 is 16.9 Å². The standard InChI is InChI=1S/C14H12O3S/c1-17-13-9-10(15)7-8-12(13)14(16)18-11-5-3-2-4-6-11/h2-9,15H,1H3. The molecule has 2 aromatic rings. The minimum Gasteiger partial charge on any atom is -0.508 e. The lowest BCUT2D eigenvalue weighted by Gasteiger charge is -2.07. The SMILES string of the molecule is COc1cc(O)ccc1C(=O)Sc1ccccc1. The molecule has 1 N–H and O–H groups in total. The van der Waals surface area contributed by atoms with Gasteiger partial charge in [-0.25, -0.2) is 0 Å². The first-order valence-corrected chi connectivity index (χ1v) is 6.16. The molecule has 0 aliphatic carbocycles. The zero-order valence-corrected chi connectivity index (χ0v) is 10.6. The van der Waals surface area contributed by atoms with E-state index in [-0.39, 0.29) is 10.9 Å². The van der Waals surface area contributed by atoms with Gasteiger partial charge in [-0.05, 0) is 36.0 Å². The molecule has 0 unspecified atom stereocenters. The smallest absolute Gasteiger partial charge is 0.227 e. The van der Waals surface area contributed by atoms with Crippen molar-refractivity contribution in [2.45, 2.75) is 4.90 Å². The van der Waals surface area contributed by atoms with Gasteiger partial charge in [0.05, 0.1) is 12.7 Å². The molecule has 0 heterocycles. The van der Waals surface area contributed by atoms with Crippen LogP contribution in [0.5, 0.6) is 11.5 Å². The van der Waals surface area contributed by atoms with E-state index in [0.717, 1.165) is 16.7 Å². The van der Waals surface area contributed by atoms with Crippen LogP contribution in [0.4, 0.5) is 0 Å². The number of hydrogen-bond acceptors (Lipinski definition) is 4. The first kappa shape index (κ1) is 12.5. The number of hydrogen-bond donors (Lipinski definition) is 1. The van der Waals surface area contributed by atoms with Crippen molar-refractivity contribution in [3.8, 4) is 11.5 Å². The number of phenols is 1. The Labute approximate surface area is 109 Å². The van der Waals surface area contributed by atoms with Crippen molar-refractivity contribution < 1.29 is 14.6 Å². The predicted octanol–water partition coefficient (Wildman–Crippen LogP) is 3.33. The third-order valence-electron chi connectivity index (χ3n) is 2.36. The van der Waals surface area contributed by atoms with Gasteiger partial charge in [0.15, 0.2) is 0 Å². The molecular weight excluding hydrogens is 248 g/mol. The summed E-state index contributed by atoms with van der Waals surface area (Å²) in [6.07, 6.45) is 0. The third-order valence-corrected chi connectivity index (χ3v) is 3.27. The Bertz CT molecular complexity index is 552. The second-order valence-corrected chi connectivity index (χ2v) is 4.63. The van der Waals surface area contributed by atoms with E-state index >= 15 is 0 Å². The summed E-state index contributed by atoms with van der Waals surface area (Å²) in [7, 11) is 1.47. The highest BCUT2D eigenvalue weighted by molar-refractivity contribution is 8.14. The molecule has 2 rings (SSSR count). The summed E-state index contributed by atoms with van der Waals surface area (Å²) >= 11 is 1.13. The van der Waals surface area contributed by atoms with Crippen LogP contribution in [0, 0.1) is 0 Å². The van der Waals surface area contributed by atoms with Crippen LogP contribution >= 0.6 is 11.8 Å². The normalized spacial score (nSPS) is 10.1. The van der Waals surface area contributed by atoms with Gasteiger partial charge in [0.2, 0.25) is 5.12 Å². The van der Waals surface area contributed by atoms with Gasteiger partial charge in [-0.15, -0.1) is 0 Å². The second kappa shape index (κ2) is 5.60. The van der Waals surface area contributed by atoms with E-state index in [1.807, 2.05) is 30.3 Å². The van der Waals surface area contributed by atoms with Crippen LogP contribution in [-0.4, -0.2) is 17.3 Å². The van der Waals surface area contributed by atoms with Gasteiger partial charge < -0.3 is 9.84 Å². The molecule has 0 aliphatic heterocycles. The summed E-state index contributed by atoms with van der Waals surface area (Å²) in [5.41, 5.74) is 0.448. The van der Waals surface area contributed by atoms with E-state index in [1.165, 1.54) is 19.2 Å². The molecule has 0 saturated heterocycles. The summed E-state index contributed by atoms with van der Waals surface area (Å²) in [4.78, 5) is 13.0. The number of rotatable bonds is 3. The Balaban J connectivity index is 2.24. The van der Waals surface area contributed by atoms with Crippen molar-refractivity contribution in [1.82, 2.24) is 0 Å². The Hall–Kier alpha value is -1.94. The highest BCUT2D eigenvalue weighted by atomic mass is 32.2. The van der Waals surface area contributed by atoms with E-state index < -0.39 is 0 Å². The maximum atomic E-state index is 12.1. The molecule has 2 aromatic carbocycles. The van der Waals surface area contributed by atoms with E-state index in [4.69, 9.17) is 4.74 Å². The topological polar surface area (TPSA) is 46.5 Å². The zero-order chi connectivity index (χ0) is 13.0. The van der Waals surface area contributed by atoms with Crippen LogP contribution in [0.25, 0.3) is 0 Å². The number of ether oxygens (including phenoxy) is 1. The first-order valence-electron chi connectivity index (χ1n) is 5.35. The summed E-state index contributed by atoms with van der Waals surface area (Å²) in [6.45, 7) is 0. The number of benzene rings is 2. The molecule has 3 nitrogen and oxygen atoms in total. The lowest BCUT2D eigenvalue weighted by atomic mass is 10.2. The number of thioether (sulfide) groups is 1. The Kier molecular flexibility index (Phi) is 3.89. The summed E-state index contributed by atoms with van der Waals surface area (Å²) < 4.78 is 5.09. The van der Waals surface area contributed by atoms with E-state index in [2.05, 4.69) is 0 Å². The van der Waals surface area contributed by atoms with Crippen LogP contribution in [0.2, 0.25) is 0 Å². The van der Waals surface area contributed by atoms with Gasteiger partial charge in [-0.2, -0.15) is 0 Å². The minimum absolute atomic E-state index is 0.0770. The van der Waals surface area contributed by atoms with Crippen molar-refractivity contribution in [2.24, 2.45) is 0 Å². The maximum absolute atomic E-state index is 12.1. The number of carbonyl (C=O) groups is 1. The van der Waals surface area contributed by atoms with E-state index in [9.17, 15) is 9.90 Å². The van der Waals surface area contributed by atoms with E-state index in [1.54, 1.807) is 6.07 Å². The molecule has 4 heteroatoms. The molecule has 92 valence electrons. The molecule has 0 amide bonds. The van der Waals surface area contributed by atoms with Gasteiger partial charge in [0, 0.05) is 11.0 Å². The molecular formula is C14H12O3S. The molecule has 0 atom stereocenters. The molecule has 0 aromatic heterocycles. The fourth-order valence-electron chi connectivity index (χ4n) is 1.50. The Morgan fingerprint density at radius 3 is 2.56 bits per heavy atom. The molecule has 0 fully saturated rings. The van der Waals surface area contributed by atoms with Crippen LogP contribution < -0.4 is 4.74 Å². The third kappa shape index (κ3) is 2.84. The van der Waals surface area contributed by atoms with E-state index in [0.29, 0.717) is 11.3 Å². The minimum atomic E-state index is -0.113. The number of aromatic hydroxyl groups is 1. The molecule has 18 heavy (non-hydrogen) atoms. The highest BCUT2D eigenvalue weighted by Crippen LogP contribution is 2.30. The van der Waals surface area contributed by atoms with Gasteiger partial charge >= 0.3 is 0 Å². The first-order chi connectivity index (χ1) is 8.70. The average Bonchev–Trinajstić information content (AvgIpc) is 2.39. The number of phenolic OH excluding ortho intramolecular Hbond substituents is 1. The van der Waals surface area contributed by atoms with Gasteiger partial charge in [0.1, 0.15) is 11.5 Å². The van der Waals surface area contributed by atoms with Crippen LogP contribution in [-0.2, 0) is 0 Å². The molecule has 0 aliphatic rings. The lowest BCUT2D eigenvalue weighted by Crippen LogP contribution is -1.97. The largest absolute Gasteiger partial charge is 0.508 e. The predicted molar refractivity (Wildman–Crippen MR) is 71.3 cm³/mol. The highest BCUT2D eigenvalue weighted by Gasteiger charge is 2.14. The summed E-state index contributed by atoms with van der Waals surface area (Å²) in [6, 6.07) is 13.9. The average molecular weight is 260 g/mol. The van der Waals surface area contributed by atoms with Crippen LogP contribution in [0.1, 0.15) is 10.4 Å². The molecule has 0 bridgehead atoms. The zero-order valence-electron chi connectivity index (χ0n) is 9.79. The monoisotopic (exact) mass is 260 g/mol. The van der Waals surface area contributed by atoms with Crippen molar-refractivity contribution in [3.63, 3.8) is 0 Å². The number of carbonyl (C=O) groups excluding carboxylic acids is 1. The van der Waals surface area contributed by atoms with Gasteiger partial charge in [-0.1, -0.05) is 18.2 Å². The summed E-state index contributed by atoms with van der Waals surface area (Å²) in [5, 5.41) is 9.23. The van der Waals surface area contributed by atoms with Crippen molar-refractivity contribution in [3.05, 3.63) is 54.1 Å². The van der Waals surface area contributed by atoms with Crippen molar-refractivity contribution in [2.75, 3.05) is 7.11 Å². The lowest BCUT2D eigenvalue weighted by molar-refractivity contribution is 0.108. The van der Waals surface area contributed by atoms with Crippen LogP contribution in [0.3, 0.4) is 0 Å². The quantitative estimate of drug-likeness (QED) is 0.860. The van der Waals surface area contributed by atoms with Crippen LogP contribution in [0.15, 0.2) is 53.4 Å². The fraction of sp³-hybridized carbons (Fsp3) is 0.0714. The Morgan fingerprint density at radius 2 is 1.89 bits per heavy atom. The second-order valence-electron chi connectivity index (χ2n) is 3.59. The molecule has 0 saturated carbocycles. The van der Waals surface area contributed by atoms with Gasteiger partial charge in [-0.3, -0.25) is 4.79 Å². The fourth-order valence-corrected chi connectivity index (χ4v) is 2.28. The molecule has 0 spiro atoms.